The van der Waals surface area contributed by atoms with Crippen LogP contribution in [0, 0.1) is 27.7 Å². The Balaban J connectivity index is -0.000000469. The quantitative estimate of drug-likeness (QED) is 0.114. The molecule has 0 radical (unpaired) electrons. The van der Waals surface area contributed by atoms with Crippen LogP contribution < -0.4 is 0 Å². The third kappa shape index (κ3) is 37.6. The molecule has 0 amide bonds. The lowest BCUT2D eigenvalue weighted by Crippen LogP contribution is -1.92. The van der Waals surface area contributed by atoms with Crippen molar-refractivity contribution in [2.75, 3.05) is 0 Å². The highest BCUT2D eigenvalue weighted by atomic mass is 14.1. The van der Waals surface area contributed by atoms with Crippen molar-refractivity contribution in [3.05, 3.63) is 283 Å². The van der Waals surface area contributed by atoms with Crippen LogP contribution in [0.15, 0.2) is 194 Å². The smallest absolute Gasteiger partial charge is 0.00258 e. The molecule has 0 aliphatic heterocycles. The molecule has 8 rings (SSSR count). The van der Waals surface area contributed by atoms with E-state index in [2.05, 4.69) is 250 Å². The Morgan fingerprint density at radius 2 is 0.237 bits per heavy atom. The summed E-state index contributed by atoms with van der Waals surface area (Å²) in [6, 6.07) is 71.0. The molecule has 0 heteroatoms. The molecule has 0 fully saturated rings. The minimum absolute atomic E-state index is 1.01. The van der Waals surface area contributed by atoms with Gasteiger partial charge in [-0.2, -0.15) is 0 Å². The zero-order valence-corrected chi connectivity index (χ0v) is 56.1. The summed E-state index contributed by atoms with van der Waals surface area (Å²) in [5.74, 6) is 0. The van der Waals surface area contributed by atoms with E-state index in [1.165, 1.54) is 89.0 Å². The Morgan fingerprint density at radius 1 is 0.150 bits per heavy atom. The average Bonchev–Trinajstić information content (AvgIpc) is 3.54. The van der Waals surface area contributed by atoms with Crippen molar-refractivity contribution in [2.24, 2.45) is 0 Å². The highest BCUT2D eigenvalue weighted by molar-refractivity contribution is 5.35. The summed E-state index contributed by atoms with van der Waals surface area (Å²) in [5, 5.41) is 0. The first kappa shape index (κ1) is 80.2. The maximum atomic E-state index is 2.26. The van der Waals surface area contributed by atoms with Gasteiger partial charge in [-0.05, 0) is 146 Å². The second-order valence-corrected chi connectivity index (χ2v) is 17.3. The van der Waals surface area contributed by atoms with E-state index in [1.54, 1.807) is 0 Å². The molecule has 0 aliphatic carbocycles. The number of aryl methyl sites for hydroxylation is 8. The molecule has 80 heavy (non-hydrogen) atoms. The SMILES string of the molecule is CC.CC.CC.CC.CC.CC.CC.CC.CCc1ccc(C)cc1.CCc1ccc(C)cc1.CCc1ccc(Cc2ccc(Cc3ccc(C)cc3)cc2)cc1.CCc1ccc(Cc2ccc(Cc3ccc(C)cc3)cc2)cc1. The molecular formula is C80H120. The van der Waals surface area contributed by atoms with Gasteiger partial charge < -0.3 is 0 Å². The first-order valence-corrected chi connectivity index (χ1v) is 31.6. The summed E-state index contributed by atoms with van der Waals surface area (Å²) < 4.78 is 0. The van der Waals surface area contributed by atoms with E-state index in [-0.39, 0.29) is 0 Å². The van der Waals surface area contributed by atoms with E-state index in [0.717, 1.165) is 51.4 Å². The van der Waals surface area contributed by atoms with Gasteiger partial charge >= 0.3 is 0 Å². The van der Waals surface area contributed by atoms with Crippen LogP contribution >= 0.6 is 0 Å². The second kappa shape index (κ2) is 56.1. The molecule has 0 saturated heterocycles. The van der Waals surface area contributed by atoms with Crippen LogP contribution in [0.25, 0.3) is 0 Å². The Labute approximate surface area is 498 Å². The van der Waals surface area contributed by atoms with Gasteiger partial charge in [-0.25, -0.2) is 0 Å². The van der Waals surface area contributed by atoms with Gasteiger partial charge in [0.2, 0.25) is 0 Å². The van der Waals surface area contributed by atoms with Crippen LogP contribution in [0.2, 0.25) is 0 Å². The van der Waals surface area contributed by atoms with Crippen molar-refractivity contribution in [3.63, 3.8) is 0 Å². The Morgan fingerprint density at radius 3 is 0.350 bits per heavy atom. The summed E-state index contributed by atoms with van der Waals surface area (Å²) in [6.45, 7) is 49.2. The molecule has 0 aromatic heterocycles. The normalized spacial score (nSPS) is 8.90. The third-order valence-electron chi connectivity index (χ3n) is 11.8. The second-order valence-electron chi connectivity index (χ2n) is 17.3. The minimum atomic E-state index is 1.01. The zero-order valence-electron chi connectivity index (χ0n) is 56.1. The van der Waals surface area contributed by atoms with Gasteiger partial charge in [0, 0.05) is 0 Å². The van der Waals surface area contributed by atoms with Gasteiger partial charge in [-0.15, -0.1) is 0 Å². The standard InChI is InChI=1S/2C23H24.2C9H12.8C2H6/c2*1-3-19-8-10-21(11-9-19)17-23-14-12-22(13-15-23)16-20-6-4-18(2)5-7-20;2*1-3-9-6-4-8(2)5-7-9;8*1-2/h2*4-15H,3,16-17H2,1-2H3;2*4-7H,3H2,1-2H3;8*1-2H3. The molecule has 0 unspecified atom stereocenters. The highest BCUT2D eigenvalue weighted by Crippen LogP contribution is 2.17. The predicted molar refractivity (Wildman–Crippen MR) is 370 cm³/mol. The minimum Gasteiger partial charge on any atom is -0.0683 e. The van der Waals surface area contributed by atoms with E-state index in [9.17, 15) is 0 Å². The van der Waals surface area contributed by atoms with E-state index in [4.69, 9.17) is 0 Å². The zero-order chi connectivity index (χ0) is 61.5. The van der Waals surface area contributed by atoms with E-state index in [1.807, 2.05) is 111 Å². The van der Waals surface area contributed by atoms with Crippen molar-refractivity contribution in [3.8, 4) is 0 Å². The molecule has 0 spiro atoms. The van der Waals surface area contributed by atoms with Crippen molar-refractivity contribution in [1.29, 1.82) is 0 Å². The van der Waals surface area contributed by atoms with Gasteiger partial charge in [0.15, 0.2) is 0 Å². The van der Waals surface area contributed by atoms with Crippen LogP contribution in [0.1, 0.15) is 227 Å². The number of rotatable bonds is 12. The first-order valence-electron chi connectivity index (χ1n) is 31.6. The maximum Gasteiger partial charge on any atom is -0.00258 e. The number of benzene rings is 8. The fraction of sp³-hybridized carbons (Fsp3) is 0.400. The summed E-state index contributed by atoms with van der Waals surface area (Å²) in [4.78, 5) is 0. The third-order valence-corrected chi connectivity index (χ3v) is 11.8. The molecule has 0 saturated carbocycles. The van der Waals surface area contributed by atoms with Crippen LogP contribution in [-0.2, 0) is 51.4 Å². The van der Waals surface area contributed by atoms with Crippen molar-refractivity contribution in [2.45, 2.75) is 218 Å². The average molecular weight is 1080 g/mol. The molecule has 0 atom stereocenters. The van der Waals surface area contributed by atoms with Gasteiger partial charge in [0.05, 0.1) is 0 Å². The monoisotopic (exact) mass is 1080 g/mol. The van der Waals surface area contributed by atoms with Crippen LogP contribution in [-0.4, -0.2) is 0 Å². The molecule has 0 N–H and O–H groups in total. The van der Waals surface area contributed by atoms with E-state index in [0.29, 0.717) is 0 Å². The van der Waals surface area contributed by atoms with E-state index >= 15 is 0 Å². The number of hydrogen-bond donors (Lipinski definition) is 0. The topological polar surface area (TPSA) is 0 Å². The largest absolute Gasteiger partial charge is 0.0683 e. The van der Waals surface area contributed by atoms with E-state index < -0.39 is 0 Å². The maximum absolute atomic E-state index is 2.26. The lowest BCUT2D eigenvalue weighted by molar-refractivity contribution is 1.11. The summed E-state index contributed by atoms with van der Waals surface area (Å²) in [7, 11) is 0. The lowest BCUT2D eigenvalue weighted by atomic mass is 9.99. The molecule has 0 bridgehead atoms. The molecule has 8 aromatic carbocycles. The van der Waals surface area contributed by atoms with Gasteiger partial charge in [-0.3, -0.25) is 0 Å². The van der Waals surface area contributed by atoms with Crippen molar-refractivity contribution < 1.29 is 0 Å². The molecule has 8 aromatic rings. The predicted octanol–water partition coefficient (Wildman–Crippen LogP) is 24.8. The van der Waals surface area contributed by atoms with Gasteiger partial charge in [0.25, 0.3) is 0 Å². The fourth-order valence-electron chi connectivity index (χ4n) is 7.34. The first-order chi connectivity index (χ1) is 39.1. The fourth-order valence-corrected chi connectivity index (χ4v) is 7.34. The van der Waals surface area contributed by atoms with Crippen LogP contribution in [0.4, 0.5) is 0 Å². The highest BCUT2D eigenvalue weighted by Gasteiger charge is 2.02. The molecule has 0 heterocycles. The molecule has 0 aliphatic rings. The molecular weight excluding hydrogens is 961 g/mol. The summed E-state index contributed by atoms with van der Waals surface area (Å²) in [6.07, 6.45) is 8.52. The van der Waals surface area contributed by atoms with Crippen LogP contribution in [0.3, 0.4) is 0 Å². The van der Waals surface area contributed by atoms with Crippen molar-refractivity contribution in [1.82, 2.24) is 0 Å². The van der Waals surface area contributed by atoms with Gasteiger partial charge in [0.1, 0.15) is 0 Å². The Kier molecular flexibility index (Phi) is 56.2. The summed E-state index contributed by atoms with van der Waals surface area (Å²) >= 11 is 0. The molecule has 0 nitrogen and oxygen atoms in total. The van der Waals surface area contributed by atoms with Crippen molar-refractivity contribution >= 4 is 0 Å². The Hall–Kier alpha value is -6.24. The van der Waals surface area contributed by atoms with Gasteiger partial charge in [-0.1, -0.05) is 355 Å². The number of hydrogen-bond acceptors (Lipinski definition) is 0. The lowest BCUT2D eigenvalue weighted by Gasteiger charge is -2.06. The Bertz CT molecular complexity index is 2280. The summed E-state index contributed by atoms with van der Waals surface area (Å²) in [5.41, 5.74) is 22.0. The van der Waals surface area contributed by atoms with Crippen LogP contribution in [0.5, 0.6) is 0 Å². The molecule has 440 valence electrons.